The highest BCUT2D eigenvalue weighted by atomic mass is 32.1. The number of hydrogen-bond acceptors (Lipinski definition) is 6. The van der Waals surface area contributed by atoms with Crippen molar-refractivity contribution in [3.63, 3.8) is 0 Å². The van der Waals surface area contributed by atoms with Gasteiger partial charge in [-0.05, 0) is 24.1 Å². The minimum atomic E-state index is -0.685. The van der Waals surface area contributed by atoms with Crippen LogP contribution >= 0.6 is 12.6 Å². The van der Waals surface area contributed by atoms with Gasteiger partial charge >= 0.3 is 0 Å². The molecule has 6 heteroatoms. The number of nitriles is 1. The summed E-state index contributed by atoms with van der Waals surface area (Å²) in [4.78, 5) is 12.6. The van der Waals surface area contributed by atoms with Crippen LogP contribution in [0.2, 0.25) is 0 Å². The van der Waals surface area contributed by atoms with Crippen LogP contribution in [-0.2, 0) is 4.79 Å². The van der Waals surface area contributed by atoms with Crippen molar-refractivity contribution in [3.05, 3.63) is 75.8 Å². The molecule has 5 nitrogen and oxygen atoms in total. The number of rotatable bonds is 4. The van der Waals surface area contributed by atoms with Gasteiger partial charge in [0, 0.05) is 5.57 Å². The molecule has 27 heavy (non-hydrogen) atoms. The molecule has 0 saturated carbocycles. The molecule has 1 aliphatic rings. The first-order chi connectivity index (χ1) is 13.0. The highest BCUT2D eigenvalue weighted by Crippen LogP contribution is 2.43. The van der Waals surface area contributed by atoms with Crippen LogP contribution in [0.3, 0.4) is 0 Å². The number of carbonyl (C=O) groups is 1. The quantitative estimate of drug-likeness (QED) is 0.800. The standard InChI is InChI=1S/C21H18N2O3S/c1-12(24)18-19(14-8-9-17(26-2)16(25)10-14)15(11-22)21(27)23-20(18)13-6-4-3-5-7-13/h3-10,19,23,25,27H,1-2H3/p-1. The lowest BCUT2D eigenvalue weighted by Crippen LogP contribution is -2.26. The van der Waals surface area contributed by atoms with Crippen molar-refractivity contribution in [2.75, 3.05) is 7.11 Å². The smallest absolute Gasteiger partial charge is 0.158 e. The summed E-state index contributed by atoms with van der Waals surface area (Å²) in [7, 11) is 1.42. The van der Waals surface area contributed by atoms with E-state index in [1.54, 1.807) is 12.1 Å². The summed E-state index contributed by atoms with van der Waals surface area (Å²) in [5, 5.41) is 25.4. The predicted molar refractivity (Wildman–Crippen MR) is 104 cm³/mol. The van der Waals surface area contributed by atoms with Gasteiger partial charge in [-0.25, -0.2) is 0 Å². The van der Waals surface area contributed by atoms with Crippen molar-refractivity contribution in [1.29, 1.82) is 5.26 Å². The van der Waals surface area contributed by atoms with Crippen LogP contribution in [0.1, 0.15) is 24.0 Å². The molecule has 3 rings (SSSR count). The van der Waals surface area contributed by atoms with E-state index in [1.807, 2.05) is 30.3 Å². The van der Waals surface area contributed by atoms with Crippen LogP contribution < -0.4 is 15.2 Å². The fraction of sp³-hybridized carbons (Fsp3) is 0.143. The van der Waals surface area contributed by atoms with E-state index in [-0.39, 0.29) is 22.9 Å². The fourth-order valence-corrected chi connectivity index (χ4v) is 3.50. The maximum absolute atomic E-state index is 12.6. The molecule has 0 aromatic heterocycles. The Labute approximate surface area is 163 Å². The molecule has 0 saturated heterocycles. The number of carbonyl (C=O) groups excluding carboxylic acids is 1. The summed E-state index contributed by atoms with van der Waals surface area (Å²) in [6, 6.07) is 16.1. The van der Waals surface area contributed by atoms with E-state index in [4.69, 9.17) is 4.74 Å². The monoisotopic (exact) mass is 377 g/mol. The molecular formula is C21H17N2O3S-. The van der Waals surface area contributed by atoms with Gasteiger partial charge in [0.25, 0.3) is 0 Å². The van der Waals surface area contributed by atoms with Crippen LogP contribution in [0.5, 0.6) is 11.5 Å². The Kier molecular flexibility index (Phi) is 5.24. The van der Waals surface area contributed by atoms with E-state index >= 15 is 0 Å². The number of benzene rings is 2. The molecule has 2 aromatic carbocycles. The van der Waals surface area contributed by atoms with Crippen LogP contribution in [0, 0.1) is 11.3 Å². The van der Waals surface area contributed by atoms with Crippen LogP contribution in [0.25, 0.3) is 5.70 Å². The average molecular weight is 377 g/mol. The maximum atomic E-state index is 12.6. The van der Waals surface area contributed by atoms with Crippen molar-refractivity contribution in [2.24, 2.45) is 0 Å². The number of nitrogens with zero attached hydrogens (tertiary/aromatic N) is 1. The summed E-state index contributed by atoms with van der Waals surface area (Å²) in [6.07, 6.45) is 0. The molecule has 1 N–H and O–H groups in total. The van der Waals surface area contributed by atoms with Crippen molar-refractivity contribution in [2.45, 2.75) is 12.8 Å². The minimum absolute atomic E-state index is 0.191. The van der Waals surface area contributed by atoms with Gasteiger partial charge in [0.2, 0.25) is 0 Å². The third kappa shape index (κ3) is 3.42. The number of thiol groups is 1. The van der Waals surface area contributed by atoms with Crippen molar-refractivity contribution < 1.29 is 14.6 Å². The van der Waals surface area contributed by atoms with E-state index in [0.29, 0.717) is 21.9 Å². The van der Waals surface area contributed by atoms with Crippen molar-refractivity contribution in [3.8, 4) is 17.6 Å². The molecule has 0 spiro atoms. The number of allylic oxidation sites excluding steroid dienone is 2. The topological polar surface area (TPSA) is 85.2 Å². The Morgan fingerprint density at radius 1 is 1.26 bits per heavy atom. The summed E-state index contributed by atoms with van der Waals surface area (Å²) in [5.41, 5.74) is 2.63. The van der Waals surface area contributed by atoms with E-state index in [2.05, 4.69) is 24.0 Å². The van der Waals surface area contributed by atoms with Gasteiger partial charge in [0.15, 0.2) is 5.78 Å². The summed E-state index contributed by atoms with van der Waals surface area (Å²) < 4.78 is 5.03. The lowest BCUT2D eigenvalue weighted by Gasteiger charge is -2.30. The van der Waals surface area contributed by atoms with E-state index in [0.717, 1.165) is 5.56 Å². The Bertz CT molecular complexity index is 1000. The lowest BCUT2D eigenvalue weighted by atomic mass is 9.79. The first kappa shape index (κ1) is 18.6. The zero-order valence-corrected chi connectivity index (χ0v) is 15.7. The van der Waals surface area contributed by atoms with Gasteiger partial charge in [-0.3, -0.25) is 4.79 Å². The normalized spacial score (nSPS) is 16.6. The SMILES string of the molecule is COc1ccc(C2C(C#N)=C(S)NC(c3ccccc3)=C2C(C)=O)cc1[O-]. The number of ketones is 1. The van der Waals surface area contributed by atoms with E-state index in [1.165, 1.54) is 20.1 Å². The van der Waals surface area contributed by atoms with Gasteiger partial charge < -0.3 is 15.2 Å². The second-order valence-electron chi connectivity index (χ2n) is 6.05. The molecule has 136 valence electrons. The van der Waals surface area contributed by atoms with E-state index < -0.39 is 5.92 Å². The number of dihydropyridines is 1. The third-order valence-corrected chi connectivity index (χ3v) is 4.78. The first-order valence-electron chi connectivity index (χ1n) is 8.23. The predicted octanol–water partition coefficient (Wildman–Crippen LogP) is 3.12. The summed E-state index contributed by atoms with van der Waals surface area (Å²) in [5.74, 6) is -0.980. The van der Waals surface area contributed by atoms with Crippen molar-refractivity contribution >= 4 is 24.1 Å². The molecule has 0 amide bonds. The molecular weight excluding hydrogens is 360 g/mol. The van der Waals surface area contributed by atoms with Gasteiger partial charge in [0.1, 0.15) is 5.75 Å². The third-order valence-electron chi connectivity index (χ3n) is 4.43. The largest absolute Gasteiger partial charge is 0.870 e. The molecule has 0 bridgehead atoms. The molecule has 2 aromatic rings. The summed E-state index contributed by atoms with van der Waals surface area (Å²) >= 11 is 4.43. The van der Waals surface area contributed by atoms with Gasteiger partial charge in [-0.1, -0.05) is 48.2 Å². The average Bonchev–Trinajstić information content (AvgIpc) is 2.67. The molecule has 0 radical (unpaired) electrons. The Morgan fingerprint density at radius 2 is 1.96 bits per heavy atom. The summed E-state index contributed by atoms with van der Waals surface area (Å²) in [6.45, 7) is 1.45. The molecule has 1 heterocycles. The number of ether oxygens (including phenoxy) is 1. The molecule has 1 atom stereocenters. The highest BCUT2D eigenvalue weighted by molar-refractivity contribution is 7.84. The Hall–Kier alpha value is -3.17. The van der Waals surface area contributed by atoms with Gasteiger partial charge in [0.05, 0.1) is 35.4 Å². The second-order valence-corrected chi connectivity index (χ2v) is 6.50. The minimum Gasteiger partial charge on any atom is -0.870 e. The van der Waals surface area contributed by atoms with Gasteiger partial charge in [-0.15, -0.1) is 12.6 Å². The number of Topliss-reactive ketones (excluding diaryl/α,β-unsaturated/α-hetero) is 1. The molecule has 0 fully saturated rings. The Morgan fingerprint density at radius 3 is 2.52 bits per heavy atom. The molecule has 1 aliphatic heterocycles. The number of methoxy groups -OCH3 is 1. The lowest BCUT2D eigenvalue weighted by molar-refractivity contribution is -0.270. The number of nitrogens with one attached hydrogen (secondary N) is 1. The van der Waals surface area contributed by atoms with Gasteiger partial charge in [-0.2, -0.15) is 5.26 Å². The van der Waals surface area contributed by atoms with Crippen LogP contribution in [-0.4, -0.2) is 12.9 Å². The zero-order valence-electron chi connectivity index (χ0n) is 14.8. The second kappa shape index (κ2) is 7.60. The molecule has 0 aliphatic carbocycles. The first-order valence-corrected chi connectivity index (χ1v) is 8.68. The Balaban J connectivity index is 2.27. The number of hydrogen-bond donors (Lipinski definition) is 2. The van der Waals surface area contributed by atoms with Crippen LogP contribution in [0.15, 0.2) is 64.7 Å². The van der Waals surface area contributed by atoms with E-state index in [9.17, 15) is 15.2 Å². The van der Waals surface area contributed by atoms with Crippen LogP contribution in [0.4, 0.5) is 0 Å². The maximum Gasteiger partial charge on any atom is 0.158 e. The van der Waals surface area contributed by atoms with Crippen molar-refractivity contribution in [1.82, 2.24) is 5.32 Å². The highest BCUT2D eigenvalue weighted by Gasteiger charge is 2.33. The molecule has 1 unspecified atom stereocenters. The fourth-order valence-electron chi connectivity index (χ4n) is 3.21. The zero-order chi connectivity index (χ0) is 19.6.